The molecule has 0 bridgehead atoms. The van der Waals surface area contributed by atoms with E-state index in [-0.39, 0.29) is 5.91 Å². The summed E-state index contributed by atoms with van der Waals surface area (Å²) in [5.41, 5.74) is 2.14. The molecule has 20 heavy (non-hydrogen) atoms. The molecule has 2 rings (SSSR count). The van der Waals surface area contributed by atoms with Crippen molar-refractivity contribution in [3.8, 4) is 11.3 Å². The molecule has 0 spiro atoms. The van der Waals surface area contributed by atoms with Gasteiger partial charge in [0, 0.05) is 25.6 Å². The molecular weight excluding hydrogens is 338 g/mol. The Balaban J connectivity index is 2.15. The van der Waals surface area contributed by atoms with Gasteiger partial charge in [0.2, 0.25) is 5.91 Å². The third kappa shape index (κ3) is 3.43. The van der Waals surface area contributed by atoms with E-state index < -0.39 is 0 Å². The zero-order valence-corrected chi connectivity index (χ0v) is 14.0. The second kappa shape index (κ2) is 6.45. The van der Waals surface area contributed by atoms with E-state index >= 15 is 0 Å². The van der Waals surface area contributed by atoms with E-state index in [0.717, 1.165) is 20.9 Å². The van der Waals surface area contributed by atoms with E-state index in [0.29, 0.717) is 5.75 Å². The molecule has 1 heterocycles. The Morgan fingerprint density at radius 1 is 1.35 bits per heavy atom. The van der Waals surface area contributed by atoms with Crippen LogP contribution in [0, 0.1) is 0 Å². The number of imidazole rings is 1. The van der Waals surface area contributed by atoms with E-state index in [1.807, 2.05) is 42.1 Å². The van der Waals surface area contributed by atoms with Gasteiger partial charge in [-0.3, -0.25) is 4.79 Å². The van der Waals surface area contributed by atoms with Crippen molar-refractivity contribution >= 4 is 33.6 Å². The fraction of sp³-hybridized carbons (Fsp3) is 0.286. The average molecular weight is 354 g/mol. The van der Waals surface area contributed by atoms with Crippen LogP contribution in [0.5, 0.6) is 0 Å². The van der Waals surface area contributed by atoms with Crippen molar-refractivity contribution in [3.63, 3.8) is 0 Å². The lowest BCUT2D eigenvalue weighted by molar-refractivity contribution is -0.125. The monoisotopic (exact) mass is 353 g/mol. The number of carbonyl (C=O) groups is 1. The molecule has 0 aliphatic carbocycles. The third-order valence-electron chi connectivity index (χ3n) is 2.91. The van der Waals surface area contributed by atoms with Crippen LogP contribution in [0.4, 0.5) is 0 Å². The number of thioether (sulfide) groups is 1. The van der Waals surface area contributed by atoms with Gasteiger partial charge in [-0.05, 0) is 17.7 Å². The van der Waals surface area contributed by atoms with Crippen LogP contribution >= 0.6 is 27.7 Å². The number of aromatic nitrogens is 2. The molecule has 0 aliphatic rings. The summed E-state index contributed by atoms with van der Waals surface area (Å²) in [7, 11) is 5.48. The predicted molar refractivity (Wildman–Crippen MR) is 85.8 cm³/mol. The summed E-state index contributed by atoms with van der Waals surface area (Å²) >= 11 is 4.88. The number of hydrogen-bond acceptors (Lipinski definition) is 3. The number of carbonyl (C=O) groups excluding carboxylic acids is 1. The lowest BCUT2D eigenvalue weighted by Crippen LogP contribution is -2.23. The lowest BCUT2D eigenvalue weighted by Gasteiger charge is -2.10. The van der Waals surface area contributed by atoms with Crippen LogP contribution in [0.3, 0.4) is 0 Å². The van der Waals surface area contributed by atoms with Crippen LogP contribution in [-0.4, -0.2) is 40.2 Å². The highest BCUT2D eigenvalue weighted by molar-refractivity contribution is 9.10. The van der Waals surface area contributed by atoms with Crippen LogP contribution in [0.1, 0.15) is 0 Å². The van der Waals surface area contributed by atoms with Crippen LogP contribution in [0.15, 0.2) is 40.1 Å². The number of halogens is 1. The zero-order valence-electron chi connectivity index (χ0n) is 11.6. The van der Waals surface area contributed by atoms with E-state index in [1.165, 1.54) is 11.8 Å². The Bertz CT molecular complexity index is 607. The fourth-order valence-electron chi connectivity index (χ4n) is 1.67. The quantitative estimate of drug-likeness (QED) is 0.793. The summed E-state index contributed by atoms with van der Waals surface area (Å²) in [6.45, 7) is 0. The SMILES string of the molecule is CN(C)C(=O)CSc1ncc(-c2ccc(Br)cc2)n1C. The molecule has 0 saturated heterocycles. The molecule has 0 N–H and O–H groups in total. The molecule has 2 aromatic rings. The van der Waals surface area contributed by atoms with Gasteiger partial charge in [0.25, 0.3) is 0 Å². The second-order valence-electron chi connectivity index (χ2n) is 4.57. The van der Waals surface area contributed by atoms with Crippen LogP contribution < -0.4 is 0 Å². The van der Waals surface area contributed by atoms with Gasteiger partial charge in [-0.15, -0.1) is 0 Å². The van der Waals surface area contributed by atoms with E-state index in [2.05, 4.69) is 20.9 Å². The van der Waals surface area contributed by atoms with Crippen molar-refractivity contribution in [2.24, 2.45) is 7.05 Å². The Hall–Kier alpha value is -1.27. The Kier molecular flexibility index (Phi) is 4.88. The average Bonchev–Trinajstić information content (AvgIpc) is 2.78. The summed E-state index contributed by atoms with van der Waals surface area (Å²) in [6, 6.07) is 8.09. The molecule has 1 aromatic heterocycles. The summed E-state index contributed by atoms with van der Waals surface area (Å²) in [5.74, 6) is 0.487. The van der Waals surface area contributed by atoms with Crippen molar-refractivity contribution in [1.82, 2.24) is 14.5 Å². The van der Waals surface area contributed by atoms with Crippen molar-refractivity contribution in [2.45, 2.75) is 5.16 Å². The van der Waals surface area contributed by atoms with E-state index in [4.69, 9.17) is 0 Å². The highest BCUT2D eigenvalue weighted by Gasteiger charge is 2.11. The molecular formula is C14H16BrN3OS. The molecule has 0 aliphatic heterocycles. The summed E-state index contributed by atoms with van der Waals surface area (Å²) < 4.78 is 3.06. The van der Waals surface area contributed by atoms with Gasteiger partial charge in [-0.25, -0.2) is 4.98 Å². The van der Waals surface area contributed by atoms with Gasteiger partial charge < -0.3 is 9.47 Å². The molecule has 0 atom stereocenters. The maximum Gasteiger partial charge on any atom is 0.232 e. The van der Waals surface area contributed by atoms with Crippen LogP contribution in [0.25, 0.3) is 11.3 Å². The largest absolute Gasteiger partial charge is 0.348 e. The zero-order chi connectivity index (χ0) is 14.7. The first kappa shape index (κ1) is 15.1. The van der Waals surface area contributed by atoms with Crippen LogP contribution in [0.2, 0.25) is 0 Å². The molecule has 1 aromatic carbocycles. The van der Waals surface area contributed by atoms with Crippen molar-refractivity contribution in [2.75, 3.05) is 19.8 Å². The number of hydrogen-bond donors (Lipinski definition) is 0. The lowest BCUT2D eigenvalue weighted by atomic mass is 10.2. The number of rotatable bonds is 4. The number of amides is 1. The minimum Gasteiger partial charge on any atom is -0.348 e. The molecule has 0 saturated carbocycles. The normalized spacial score (nSPS) is 10.6. The standard InChI is InChI=1S/C14H16BrN3OS/c1-17(2)13(19)9-20-14-16-8-12(18(14)3)10-4-6-11(15)7-5-10/h4-8H,9H2,1-3H3. The van der Waals surface area contributed by atoms with Gasteiger partial charge in [-0.1, -0.05) is 39.8 Å². The maximum atomic E-state index is 11.6. The smallest absolute Gasteiger partial charge is 0.232 e. The first-order chi connectivity index (χ1) is 9.49. The van der Waals surface area contributed by atoms with Crippen LogP contribution in [-0.2, 0) is 11.8 Å². The molecule has 0 fully saturated rings. The molecule has 6 heteroatoms. The highest BCUT2D eigenvalue weighted by Crippen LogP contribution is 2.26. The second-order valence-corrected chi connectivity index (χ2v) is 6.43. The van der Waals surface area contributed by atoms with Gasteiger partial charge in [0.1, 0.15) is 0 Å². The maximum absolute atomic E-state index is 11.6. The topological polar surface area (TPSA) is 38.1 Å². The molecule has 0 radical (unpaired) electrons. The first-order valence-electron chi connectivity index (χ1n) is 6.09. The minimum absolute atomic E-state index is 0.0863. The van der Waals surface area contributed by atoms with Crippen molar-refractivity contribution in [1.29, 1.82) is 0 Å². The van der Waals surface area contributed by atoms with Gasteiger partial charge in [0.15, 0.2) is 5.16 Å². The van der Waals surface area contributed by atoms with Gasteiger partial charge in [-0.2, -0.15) is 0 Å². The summed E-state index contributed by atoms with van der Waals surface area (Å²) in [4.78, 5) is 17.6. The van der Waals surface area contributed by atoms with Gasteiger partial charge >= 0.3 is 0 Å². The molecule has 4 nitrogen and oxygen atoms in total. The third-order valence-corrected chi connectivity index (χ3v) is 4.47. The number of nitrogens with zero attached hydrogens (tertiary/aromatic N) is 3. The Morgan fingerprint density at radius 2 is 2.00 bits per heavy atom. The molecule has 106 valence electrons. The Labute approximate surface area is 131 Å². The summed E-state index contributed by atoms with van der Waals surface area (Å²) in [5, 5.41) is 0.845. The molecule has 0 unspecified atom stereocenters. The molecule has 1 amide bonds. The van der Waals surface area contributed by atoms with E-state index in [9.17, 15) is 4.79 Å². The minimum atomic E-state index is 0.0863. The fourth-order valence-corrected chi connectivity index (χ4v) is 2.87. The Morgan fingerprint density at radius 3 is 2.60 bits per heavy atom. The highest BCUT2D eigenvalue weighted by atomic mass is 79.9. The van der Waals surface area contributed by atoms with E-state index in [1.54, 1.807) is 19.0 Å². The first-order valence-corrected chi connectivity index (χ1v) is 7.87. The predicted octanol–water partition coefficient (Wildman–Crippen LogP) is 3.03. The van der Waals surface area contributed by atoms with Crippen molar-refractivity contribution < 1.29 is 4.79 Å². The summed E-state index contributed by atoms with van der Waals surface area (Å²) in [6.07, 6.45) is 1.84. The van der Waals surface area contributed by atoms with Gasteiger partial charge in [0.05, 0.1) is 17.6 Å². The van der Waals surface area contributed by atoms with Crippen molar-refractivity contribution in [3.05, 3.63) is 34.9 Å². The number of benzene rings is 1.